The molecule has 0 unspecified atom stereocenters. The van der Waals surface area contributed by atoms with Gasteiger partial charge in [0.2, 0.25) is 0 Å². The third kappa shape index (κ3) is 10.2. The molecule has 5 aliphatic heterocycles. The number of amides is 1. The number of carbonyl (C=O) groups is 3. The molecule has 65 heavy (non-hydrogen) atoms. The molecule has 6 rings (SSSR count). The highest BCUT2D eigenvalue weighted by atomic mass is 16.8. The molecule has 4 saturated heterocycles. The number of rotatable bonds is 15. The third-order valence-corrected chi connectivity index (χ3v) is 16.0. The summed E-state index contributed by atoms with van der Waals surface area (Å²) in [7, 11) is 0. The number of hydrogen-bond acceptors (Lipinski definition) is 13. The number of nitrogens with one attached hydrogen (secondary N) is 1. The Hall–Kier alpha value is -3.51. The first-order valence-corrected chi connectivity index (χ1v) is 24.0. The number of carbonyl (C=O) groups excluding carboxylic acids is 2. The molecule has 18 atom stereocenters. The lowest BCUT2D eigenvalue weighted by atomic mass is 9.72. The fourth-order valence-corrected chi connectivity index (χ4v) is 11.6. The lowest BCUT2D eigenvalue weighted by Gasteiger charge is -2.55. The Balaban J connectivity index is 1.25. The van der Waals surface area contributed by atoms with Crippen LogP contribution in [0, 0.1) is 51.5 Å². The van der Waals surface area contributed by atoms with Crippen molar-refractivity contribution in [1.29, 1.82) is 0 Å². The van der Waals surface area contributed by atoms with Crippen molar-refractivity contribution in [2.45, 2.75) is 199 Å². The minimum Gasteiger partial charge on any atom is -0.481 e. The SMILES string of the molecule is CC[C@@H](C(=O)[C@@H](C)[C@@H](O)[C@H](C)[C@@H]1O[C@@H]([C@@H](CC)C(=O)O)CC[C@@H]1C)[C@H]1O[C@]2(C=C[C@@H](NC(=O)Oc3ccc([N+](=O)[O-])cc3)[C@]3(CC[C@@](C)([C@H]4CC[C@](O)(CC)[C@H](C)O4)O3)O2)[C@H](C)C[C@@H]1C. The van der Waals surface area contributed by atoms with Crippen molar-refractivity contribution in [2.75, 3.05) is 0 Å². The predicted octanol–water partition coefficient (Wildman–Crippen LogP) is 7.89. The van der Waals surface area contributed by atoms with E-state index in [0.29, 0.717) is 57.8 Å². The van der Waals surface area contributed by atoms with Gasteiger partial charge in [0.05, 0.1) is 58.7 Å². The van der Waals surface area contributed by atoms with Gasteiger partial charge in [0.1, 0.15) is 17.6 Å². The Morgan fingerprint density at radius 1 is 0.923 bits per heavy atom. The van der Waals surface area contributed by atoms with Gasteiger partial charge in [0.15, 0.2) is 11.6 Å². The molecule has 0 radical (unpaired) electrons. The van der Waals surface area contributed by atoms with Gasteiger partial charge in [-0.05, 0) is 102 Å². The van der Waals surface area contributed by atoms with Gasteiger partial charge in [0.25, 0.3) is 5.69 Å². The Kier molecular flexibility index (Phi) is 15.7. The molecule has 5 heterocycles. The highest BCUT2D eigenvalue weighted by molar-refractivity contribution is 5.84. The average molecular weight is 915 g/mol. The molecule has 364 valence electrons. The maximum absolute atomic E-state index is 14.7. The van der Waals surface area contributed by atoms with Crippen LogP contribution in [0.4, 0.5) is 10.5 Å². The van der Waals surface area contributed by atoms with Gasteiger partial charge in [0, 0.05) is 42.2 Å². The molecule has 4 N–H and O–H groups in total. The Morgan fingerprint density at radius 2 is 1.60 bits per heavy atom. The highest BCUT2D eigenvalue weighted by Gasteiger charge is 2.63. The van der Waals surface area contributed by atoms with Crippen LogP contribution in [-0.4, -0.2) is 104 Å². The van der Waals surface area contributed by atoms with Crippen molar-refractivity contribution in [3.8, 4) is 5.75 Å². The normalized spacial score (nSPS) is 39.5. The van der Waals surface area contributed by atoms with Crippen LogP contribution < -0.4 is 10.1 Å². The summed E-state index contributed by atoms with van der Waals surface area (Å²) in [6.07, 6.45) is 4.55. The number of aliphatic hydroxyl groups is 2. The second-order valence-electron chi connectivity index (χ2n) is 20.2. The van der Waals surface area contributed by atoms with Crippen molar-refractivity contribution in [1.82, 2.24) is 5.32 Å². The van der Waals surface area contributed by atoms with Crippen LogP contribution in [0.15, 0.2) is 36.4 Å². The topological polar surface area (TPSA) is 222 Å². The first kappa shape index (κ1) is 50.9. The van der Waals surface area contributed by atoms with Gasteiger partial charge in [-0.3, -0.25) is 19.7 Å². The van der Waals surface area contributed by atoms with Crippen molar-refractivity contribution < 1.29 is 63.0 Å². The van der Waals surface area contributed by atoms with Gasteiger partial charge in [-0.2, -0.15) is 0 Å². The molecule has 1 aromatic carbocycles. The summed E-state index contributed by atoms with van der Waals surface area (Å²) in [4.78, 5) is 51.0. The lowest BCUT2D eigenvalue weighted by Crippen LogP contribution is -2.66. The molecule has 16 heteroatoms. The number of ether oxygens (including phenoxy) is 6. The number of nitro groups is 1. The molecule has 5 aliphatic rings. The average Bonchev–Trinajstić information content (AvgIpc) is 3.61. The van der Waals surface area contributed by atoms with E-state index < -0.39 is 106 Å². The van der Waals surface area contributed by atoms with Crippen molar-refractivity contribution in [3.05, 3.63) is 46.5 Å². The zero-order chi connectivity index (χ0) is 47.8. The third-order valence-electron chi connectivity index (χ3n) is 16.0. The largest absolute Gasteiger partial charge is 0.481 e. The maximum Gasteiger partial charge on any atom is 0.413 e. The van der Waals surface area contributed by atoms with Gasteiger partial charge in [-0.25, -0.2) is 4.79 Å². The number of carboxylic acids is 1. The molecule has 1 amide bonds. The highest BCUT2D eigenvalue weighted by Crippen LogP contribution is 2.54. The van der Waals surface area contributed by atoms with Crippen molar-refractivity contribution >= 4 is 23.5 Å². The number of benzene rings is 1. The van der Waals surface area contributed by atoms with Crippen LogP contribution in [0.2, 0.25) is 0 Å². The second-order valence-corrected chi connectivity index (χ2v) is 20.2. The molecular formula is C49H74N2O14. The number of carboxylic acid groups (broad SMARTS) is 1. The number of nitrogens with zero attached hydrogens (tertiary/aromatic N) is 1. The fraction of sp³-hybridized carbons (Fsp3) is 0.776. The first-order valence-electron chi connectivity index (χ1n) is 24.0. The van der Waals surface area contributed by atoms with E-state index in [2.05, 4.69) is 12.2 Å². The predicted molar refractivity (Wildman–Crippen MR) is 239 cm³/mol. The van der Waals surface area contributed by atoms with Crippen LogP contribution in [-0.2, 0) is 33.3 Å². The number of aliphatic hydroxyl groups excluding tert-OH is 1. The summed E-state index contributed by atoms with van der Waals surface area (Å²) in [5.41, 5.74) is -2.02. The maximum atomic E-state index is 14.7. The molecule has 1 aromatic rings. The van der Waals surface area contributed by atoms with Crippen LogP contribution in [0.3, 0.4) is 0 Å². The summed E-state index contributed by atoms with van der Waals surface area (Å²) in [6, 6.07) is 4.28. The summed E-state index contributed by atoms with van der Waals surface area (Å²) in [5, 5.41) is 47.1. The Morgan fingerprint density at radius 3 is 2.20 bits per heavy atom. The van der Waals surface area contributed by atoms with E-state index in [1.807, 2.05) is 55.4 Å². The summed E-state index contributed by atoms with van der Waals surface area (Å²) in [5.74, 6) is -6.60. The van der Waals surface area contributed by atoms with Crippen LogP contribution in [0.5, 0.6) is 5.75 Å². The zero-order valence-corrected chi connectivity index (χ0v) is 39.9. The summed E-state index contributed by atoms with van der Waals surface area (Å²) < 4.78 is 39.9. The fourth-order valence-electron chi connectivity index (χ4n) is 11.6. The Labute approximate surface area is 383 Å². The smallest absolute Gasteiger partial charge is 0.413 e. The number of Topliss-reactive ketones (excluding diaryl/α,β-unsaturated/α-hetero) is 1. The van der Waals surface area contributed by atoms with Crippen LogP contribution in [0.1, 0.15) is 133 Å². The van der Waals surface area contributed by atoms with E-state index in [0.717, 1.165) is 6.42 Å². The van der Waals surface area contributed by atoms with Crippen LogP contribution >= 0.6 is 0 Å². The molecule has 16 nitrogen and oxygen atoms in total. The molecular weight excluding hydrogens is 841 g/mol. The second kappa shape index (κ2) is 20.0. The summed E-state index contributed by atoms with van der Waals surface area (Å²) >= 11 is 0. The minimum absolute atomic E-state index is 0.0619. The quantitative estimate of drug-likeness (QED) is 0.0747. The van der Waals surface area contributed by atoms with E-state index in [4.69, 9.17) is 28.4 Å². The van der Waals surface area contributed by atoms with Crippen molar-refractivity contribution in [2.24, 2.45) is 41.4 Å². The standard InChI is InChI=1S/C49H74N2O14/c1-11-35(44(54)55)37-19-14-27(4)42(62-37)31(8)40(52)30(7)41(53)36(12-2)43-28(5)26-29(6)48(63-43)23-20-38(50-45(56)61-34-17-15-33(16-18-34)51(58)59)49(65-48)25-24-46(10,64-49)39-21-22-47(57,13-3)32(9)60-39/h15-18,20,23,27-32,35-40,42-43,52,57H,11-14,19,21-22,24-26H2,1-10H3,(H,50,56)(H,54,55)/t27-,28-,29+,30-,31-,32-,35+,36-,37+,38+,39+,40+,42+,43-,46-,47+,48-,49-/m0/s1. The Bertz CT molecular complexity index is 1900. The van der Waals surface area contributed by atoms with E-state index in [1.54, 1.807) is 19.1 Å². The minimum atomic E-state index is -1.50. The van der Waals surface area contributed by atoms with Gasteiger partial charge in [-0.1, -0.05) is 61.5 Å². The number of hydrogen-bond donors (Lipinski definition) is 4. The number of ketones is 1. The van der Waals surface area contributed by atoms with Crippen molar-refractivity contribution in [3.63, 3.8) is 0 Å². The van der Waals surface area contributed by atoms with Gasteiger partial charge < -0.3 is 49.1 Å². The first-order chi connectivity index (χ1) is 30.6. The van der Waals surface area contributed by atoms with Gasteiger partial charge >= 0.3 is 12.1 Å². The van der Waals surface area contributed by atoms with Gasteiger partial charge in [-0.15, -0.1) is 0 Å². The monoisotopic (exact) mass is 915 g/mol. The summed E-state index contributed by atoms with van der Waals surface area (Å²) in [6.45, 7) is 19.3. The van der Waals surface area contributed by atoms with E-state index >= 15 is 0 Å². The van der Waals surface area contributed by atoms with E-state index in [1.165, 1.54) is 24.3 Å². The molecule has 2 spiro atoms. The lowest BCUT2D eigenvalue weighted by molar-refractivity contribution is -0.398. The number of non-ortho nitro benzene ring substituents is 1. The van der Waals surface area contributed by atoms with E-state index in [-0.39, 0.29) is 35.0 Å². The number of aliphatic carboxylic acids is 1. The van der Waals surface area contributed by atoms with E-state index in [9.17, 15) is 39.8 Å². The molecule has 0 bridgehead atoms. The molecule has 0 aliphatic carbocycles. The molecule has 4 fully saturated rings. The molecule has 0 aromatic heterocycles. The van der Waals surface area contributed by atoms with Crippen LogP contribution in [0.25, 0.3) is 0 Å². The molecule has 0 saturated carbocycles. The zero-order valence-electron chi connectivity index (χ0n) is 39.9. The number of nitro benzene ring substituents is 1.